The van der Waals surface area contributed by atoms with Crippen LogP contribution in [-0.2, 0) is 19.3 Å². The summed E-state index contributed by atoms with van der Waals surface area (Å²) in [5.41, 5.74) is 9.27. The minimum atomic E-state index is -0.598. The molecule has 182 valence electrons. The van der Waals surface area contributed by atoms with Gasteiger partial charge in [-0.1, -0.05) is 94.6 Å². The molecule has 0 aliphatic carbocycles. The molecule has 3 aromatic rings. The Labute approximate surface area is 211 Å². The van der Waals surface area contributed by atoms with Crippen LogP contribution in [0.15, 0.2) is 54.6 Å². The Morgan fingerprint density at radius 3 is 1.79 bits per heavy atom. The lowest BCUT2D eigenvalue weighted by molar-refractivity contribution is 0.737. The first-order chi connectivity index (χ1) is 16.5. The molecule has 0 nitrogen and oxygen atoms in total. The first-order valence-corrected chi connectivity index (χ1v) is 14.9. The molecule has 0 saturated heterocycles. The molecular weight excluding hydrogens is 427 g/mol. The molecular formula is C33H45P. The van der Waals surface area contributed by atoms with Crippen LogP contribution < -0.4 is 15.9 Å². The van der Waals surface area contributed by atoms with Crippen LogP contribution in [0.2, 0.25) is 0 Å². The topological polar surface area (TPSA) is 0 Å². The van der Waals surface area contributed by atoms with Gasteiger partial charge in [-0.3, -0.25) is 0 Å². The number of benzene rings is 3. The molecule has 0 amide bonds. The van der Waals surface area contributed by atoms with Crippen LogP contribution in [0.4, 0.5) is 0 Å². The van der Waals surface area contributed by atoms with Crippen molar-refractivity contribution in [1.29, 1.82) is 0 Å². The first-order valence-electron chi connectivity index (χ1n) is 13.6. The van der Waals surface area contributed by atoms with Gasteiger partial charge < -0.3 is 0 Å². The molecule has 0 bridgehead atoms. The number of hydrogen-bond acceptors (Lipinski definition) is 0. The molecule has 3 rings (SSSR count). The second kappa shape index (κ2) is 13.3. The summed E-state index contributed by atoms with van der Waals surface area (Å²) in [6.45, 7) is 13.9. The van der Waals surface area contributed by atoms with Crippen LogP contribution in [0.25, 0.3) is 0 Å². The van der Waals surface area contributed by atoms with Gasteiger partial charge in [0, 0.05) is 0 Å². The van der Waals surface area contributed by atoms with E-state index in [2.05, 4.69) is 96.1 Å². The Kier molecular flexibility index (Phi) is 10.4. The SMILES string of the molecule is CCCCc1ccc(P(c2ccccc2C)c2cccc(C)c2C)c(CCCC)c1CCCC. The second-order valence-corrected chi connectivity index (χ2v) is 12.0. The van der Waals surface area contributed by atoms with E-state index in [4.69, 9.17) is 0 Å². The lowest BCUT2D eigenvalue weighted by Crippen LogP contribution is -2.28. The molecule has 1 atom stereocenters. The van der Waals surface area contributed by atoms with Crippen LogP contribution in [0.3, 0.4) is 0 Å². The summed E-state index contributed by atoms with van der Waals surface area (Å²) in [7, 11) is -0.598. The van der Waals surface area contributed by atoms with Crippen molar-refractivity contribution in [3.05, 3.63) is 88.0 Å². The molecule has 0 radical (unpaired) electrons. The maximum atomic E-state index is 2.53. The molecule has 1 unspecified atom stereocenters. The van der Waals surface area contributed by atoms with Crippen LogP contribution >= 0.6 is 7.92 Å². The van der Waals surface area contributed by atoms with Crippen molar-refractivity contribution in [3.63, 3.8) is 0 Å². The van der Waals surface area contributed by atoms with Crippen molar-refractivity contribution in [2.75, 3.05) is 0 Å². The summed E-state index contributed by atoms with van der Waals surface area (Å²) < 4.78 is 0. The van der Waals surface area contributed by atoms with E-state index in [9.17, 15) is 0 Å². The van der Waals surface area contributed by atoms with Crippen molar-refractivity contribution >= 4 is 23.8 Å². The zero-order chi connectivity index (χ0) is 24.5. The Morgan fingerprint density at radius 2 is 1.12 bits per heavy atom. The molecule has 0 heterocycles. The van der Waals surface area contributed by atoms with Gasteiger partial charge in [0.1, 0.15) is 0 Å². The molecule has 0 saturated carbocycles. The Balaban J connectivity index is 2.31. The maximum Gasteiger partial charge on any atom is -0.0116 e. The smallest absolute Gasteiger partial charge is 0.0116 e. The molecule has 0 aliphatic rings. The van der Waals surface area contributed by atoms with E-state index in [1.807, 2.05) is 0 Å². The van der Waals surface area contributed by atoms with Crippen molar-refractivity contribution < 1.29 is 0 Å². The predicted octanol–water partition coefficient (Wildman–Crippen LogP) is 8.40. The van der Waals surface area contributed by atoms with Gasteiger partial charge in [-0.25, -0.2) is 0 Å². The van der Waals surface area contributed by atoms with Gasteiger partial charge in [0.15, 0.2) is 0 Å². The van der Waals surface area contributed by atoms with E-state index in [0.29, 0.717) is 0 Å². The molecule has 3 aromatic carbocycles. The summed E-state index contributed by atoms with van der Waals surface area (Å²) in [6, 6.07) is 21.1. The highest BCUT2D eigenvalue weighted by atomic mass is 31.1. The van der Waals surface area contributed by atoms with E-state index in [-0.39, 0.29) is 0 Å². The molecule has 0 aromatic heterocycles. The predicted molar refractivity (Wildman–Crippen MR) is 155 cm³/mol. The summed E-state index contributed by atoms with van der Waals surface area (Å²) in [5.74, 6) is 0. The molecule has 0 aliphatic heterocycles. The Bertz CT molecular complexity index is 1060. The van der Waals surface area contributed by atoms with Crippen molar-refractivity contribution in [2.24, 2.45) is 0 Å². The second-order valence-electron chi connectivity index (χ2n) is 9.85. The van der Waals surface area contributed by atoms with Crippen LogP contribution in [-0.4, -0.2) is 0 Å². The molecule has 1 heteroatoms. The average Bonchev–Trinajstić information content (AvgIpc) is 2.84. The standard InChI is InChI=1S/C33H45P/c1-7-10-18-28-23-24-33(30(20-12-9-3)29(28)19-11-8-2)34(31-21-14-13-16-26(31)5)32-22-15-17-25(4)27(32)6/h13-17,21-24H,7-12,18-20H2,1-6H3. The fourth-order valence-electron chi connectivity index (χ4n) is 5.02. The van der Waals surface area contributed by atoms with Gasteiger partial charge in [0.05, 0.1) is 0 Å². The van der Waals surface area contributed by atoms with E-state index in [1.54, 1.807) is 22.0 Å². The summed E-state index contributed by atoms with van der Waals surface area (Å²) in [5, 5.41) is 4.66. The Hall–Kier alpha value is -1.91. The normalized spacial score (nSPS) is 12.2. The lowest BCUT2D eigenvalue weighted by atomic mass is 9.91. The zero-order valence-corrected chi connectivity index (χ0v) is 23.4. The van der Waals surface area contributed by atoms with Gasteiger partial charge >= 0.3 is 0 Å². The Morgan fingerprint density at radius 1 is 0.529 bits per heavy atom. The third kappa shape index (κ3) is 6.20. The van der Waals surface area contributed by atoms with Gasteiger partial charge in [0.25, 0.3) is 0 Å². The summed E-state index contributed by atoms with van der Waals surface area (Å²) >= 11 is 0. The van der Waals surface area contributed by atoms with Crippen LogP contribution in [0, 0.1) is 20.8 Å². The minimum Gasteiger partial charge on any atom is -0.0654 e. The number of rotatable bonds is 12. The fourth-order valence-corrected chi connectivity index (χ4v) is 7.95. The van der Waals surface area contributed by atoms with Gasteiger partial charge in [-0.05, 0) is 117 Å². The van der Waals surface area contributed by atoms with Crippen LogP contribution in [0.5, 0.6) is 0 Å². The first kappa shape index (κ1) is 26.7. The van der Waals surface area contributed by atoms with E-state index in [1.165, 1.54) is 85.1 Å². The van der Waals surface area contributed by atoms with Crippen molar-refractivity contribution in [3.8, 4) is 0 Å². The van der Waals surface area contributed by atoms with E-state index >= 15 is 0 Å². The van der Waals surface area contributed by atoms with E-state index < -0.39 is 7.92 Å². The third-order valence-corrected chi connectivity index (χ3v) is 10.1. The lowest BCUT2D eigenvalue weighted by Gasteiger charge is -2.28. The highest BCUT2D eigenvalue weighted by Crippen LogP contribution is 2.39. The van der Waals surface area contributed by atoms with Crippen LogP contribution in [0.1, 0.15) is 92.7 Å². The zero-order valence-electron chi connectivity index (χ0n) is 22.5. The quantitative estimate of drug-likeness (QED) is 0.232. The van der Waals surface area contributed by atoms with Gasteiger partial charge in [-0.2, -0.15) is 0 Å². The summed E-state index contributed by atoms with van der Waals surface area (Å²) in [4.78, 5) is 0. The summed E-state index contributed by atoms with van der Waals surface area (Å²) in [6.07, 6.45) is 11.3. The largest absolute Gasteiger partial charge is 0.0654 e. The maximum absolute atomic E-state index is 2.53. The molecule has 34 heavy (non-hydrogen) atoms. The average molecular weight is 473 g/mol. The molecule has 0 spiro atoms. The highest BCUT2D eigenvalue weighted by Gasteiger charge is 2.25. The highest BCUT2D eigenvalue weighted by molar-refractivity contribution is 7.80. The van der Waals surface area contributed by atoms with E-state index in [0.717, 1.165) is 0 Å². The number of unbranched alkanes of at least 4 members (excludes halogenated alkanes) is 3. The molecule has 0 fully saturated rings. The molecule has 0 N–H and O–H groups in total. The van der Waals surface area contributed by atoms with Gasteiger partial charge in [0.2, 0.25) is 0 Å². The van der Waals surface area contributed by atoms with Crippen molar-refractivity contribution in [1.82, 2.24) is 0 Å². The van der Waals surface area contributed by atoms with Gasteiger partial charge in [-0.15, -0.1) is 0 Å². The monoisotopic (exact) mass is 472 g/mol. The number of hydrogen-bond donors (Lipinski definition) is 0. The third-order valence-electron chi connectivity index (χ3n) is 7.28. The van der Waals surface area contributed by atoms with Crippen molar-refractivity contribution in [2.45, 2.75) is 99.3 Å². The number of aryl methyl sites for hydroxylation is 3. The fraction of sp³-hybridized carbons (Fsp3) is 0.455. The minimum absolute atomic E-state index is 0.598.